The molecule has 2 rings (SSSR count). The van der Waals surface area contributed by atoms with Crippen LogP contribution in [0.3, 0.4) is 0 Å². The molecule has 1 aromatic rings. The van der Waals surface area contributed by atoms with Crippen molar-refractivity contribution in [3.05, 3.63) is 33.3 Å². The molecule has 1 aromatic carbocycles. The Morgan fingerprint density at radius 1 is 1.62 bits per heavy atom. The molecule has 0 amide bonds. The molecule has 2 unspecified atom stereocenters. The maximum absolute atomic E-state index is 6.17. The molecule has 1 fully saturated rings. The summed E-state index contributed by atoms with van der Waals surface area (Å²) in [5, 5.41) is 0.737. The predicted octanol–water partition coefficient (Wildman–Crippen LogP) is 3.30. The lowest BCUT2D eigenvalue weighted by molar-refractivity contribution is 0.664. The summed E-state index contributed by atoms with van der Waals surface area (Å²) in [5.74, 6) is 0.584. The van der Waals surface area contributed by atoms with Crippen LogP contribution in [0.1, 0.15) is 18.9 Å². The standard InChI is InChI=1S/C10H11BrClN/c1-6-5-10(6,13)7-2-3-9(12)8(11)4-7/h2-4,6H,5,13H2,1H3. The van der Waals surface area contributed by atoms with Crippen LogP contribution in [0, 0.1) is 5.92 Å². The van der Waals surface area contributed by atoms with E-state index < -0.39 is 0 Å². The van der Waals surface area contributed by atoms with Crippen LogP contribution in [0.2, 0.25) is 5.02 Å². The zero-order valence-electron chi connectivity index (χ0n) is 7.35. The van der Waals surface area contributed by atoms with E-state index in [1.54, 1.807) is 0 Å². The topological polar surface area (TPSA) is 26.0 Å². The van der Waals surface area contributed by atoms with Gasteiger partial charge in [-0.3, -0.25) is 0 Å². The van der Waals surface area contributed by atoms with Crippen molar-refractivity contribution in [1.29, 1.82) is 0 Å². The molecule has 1 aliphatic carbocycles. The van der Waals surface area contributed by atoms with Gasteiger partial charge < -0.3 is 5.73 Å². The molecular weight excluding hydrogens is 249 g/mol. The molecule has 70 valence electrons. The highest BCUT2D eigenvalue weighted by Crippen LogP contribution is 2.49. The normalized spacial score (nSPS) is 31.8. The van der Waals surface area contributed by atoms with Gasteiger partial charge >= 0.3 is 0 Å². The van der Waals surface area contributed by atoms with Gasteiger partial charge in [0.15, 0.2) is 0 Å². The molecule has 0 spiro atoms. The first-order valence-corrected chi connectivity index (χ1v) is 5.45. The molecule has 0 radical (unpaired) electrons. The number of hydrogen-bond donors (Lipinski definition) is 1. The van der Waals surface area contributed by atoms with Gasteiger partial charge in [0.1, 0.15) is 0 Å². The van der Waals surface area contributed by atoms with Crippen molar-refractivity contribution >= 4 is 27.5 Å². The number of halogens is 2. The quantitative estimate of drug-likeness (QED) is 0.824. The molecule has 2 atom stereocenters. The Labute approximate surface area is 91.4 Å². The zero-order valence-corrected chi connectivity index (χ0v) is 9.69. The van der Waals surface area contributed by atoms with Crippen LogP contribution in [0.15, 0.2) is 22.7 Å². The highest BCUT2D eigenvalue weighted by Gasteiger charge is 2.48. The molecule has 13 heavy (non-hydrogen) atoms. The molecule has 0 aromatic heterocycles. The zero-order chi connectivity index (χ0) is 9.64. The van der Waals surface area contributed by atoms with E-state index in [-0.39, 0.29) is 5.54 Å². The summed E-state index contributed by atoms with van der Waals surface area (Å²) in [5.41, 5.74) is 7.24. The summed E-state index contributed by atoms with van der Waals surface area (Å²) >= 11 is 9.30. The lowest BCUT2D eigenvalue weighted by Gasteiger charge is -2.11. The van der Waals surface area contributed by atoms with Gasteiger partial charge in [-0.2, -0.15) is 0 Å². The van der Waals surface area contributed by atoms with Crippen molar-refractivity contribution in [1.82, 2.24) is 0 Å². The smallest absolute Gasteiger partial charge is 0.0548 e. The van der Waals surface area contributed by atoms with Crippen LogP contribution in [0.4, 0.5) is 0 Å². The van der Waals surface area contributed by atoms with Gasteiger partial charge in [-0.1, -0.05) is 24.6 Å². The minimum atomic E-state index is -0.104. The Kier molecular flexibility index (Phi) is 2.17. The van der Waals surface area contributed by atoms with Crippen molar-refractivity contribution in [3.8, 4) is 0 Å². The maximum atomic E-state index is 6.17. The van der Waals surface area contributed by atoms with Crippen molar-refractivity contribution in [3.63, 3.8) is 0 Å². The summed E-state index contributed by atoms with van der Waals surface area (Å²) < 4.78 is 0.926. The third-order valence-corrected chi connectivity index (χ3v) is 4.03. The molecule has 0 bridgehead atoms. The van der Waals surface area contributed by atoms with Gasteiger partial charge in [-0.25, -0.2) is 0 Å². The third-order valence-electron chi connectivity index (χ3n) is 2.82. The molecule has 0 heterocycles. The lowest BCUT2D eigenvalue weighted by atomic mass is 10.0. The van der Waals surface area contributed by atoms with Crippen molar-refractivity contribution in [2.45, 2.75) is 18.9 Å². The second-order valence-corrected chi connectivity index (χ2v) is 5.04. The molecular formula is C10H11BrClN. The van der Waals surface area contributed by atoms with E-state index in [1.807, 2.05) is 18.2 Å². The molecule has 1 saturated carbocycles. The molecule has 2 N–H and O–H groups in total. The van der Waals surface area contributed by atoms with E-state index in [0.29, 0.717) is 5.92 Å². The van der Waals surface area contributed by atoms with Gasteiger partial charge in [0.25, 0.3) is 0 Å². The van der Waals surface area contributed by atoms with Gasteiger partial charge in [-0.05, 0) is 46.0 Å². The Morgan fingerprint density at radius 2 is 2.23 bits per heavy atom. The monoisotopic (exact) mass is 259 g/mol. The van der Waals surface area contributed by atoms with Crippen LogP contribution in [0.5, 0.6) is 0 Å². The summed E-state index contributed by atoms with van der Waals surface area (Å²) in [6, 6.07) is 5.92. The maximum Gasteiger partial charge on any atom is 0.0548 e. The first-order valence-electron chi connectivity index (χ1n) is 4.28. The third kappa shape index (κ3) is 1.51. The van der Waals surface area contributed by atoms with Crippen molar-refractivity contribution in [2.75, 3.05) is 0 Å². The summed E-state index contributed by atoms with van der Waals surface area (Å²) in [7, 11) is 0. The van der Waals surface area contributed by atoms with E-state index in [9.17, 15) is 0 Å². The molecule has 1 aliphatic rings. The Morgan fingerprint density at radius 3 is 2.69 bits per heavy atom. The second kappa shape index (κ2) is 2.97. The van der Waals surface area contributed by atoms with E-state index in [0.717, 1.165) is 15.9 Å². The van der Waals surface area contributed by atoms with Crippen molar-refractivity contribution in [2.24, 2.45) is 11.7 Å². The summed E-state index contributed by atoms with van der Waals surface area (Å²) in [6.45, 7) is 2.17. The van der Waals surface area contributed by atoms with Gasteiger partial charge in [0.05, 0.1) is 5.02 Å². The summed E-state index contributed by atoms with van der Waals surface area (Å²) in [4.78, 5) is 0. The van der Waals surface area contributed by atoms with Crippen LogP contribution < -0.4 is 5.73 Å². The Balaban J connectivity index is 2.38. The Bertz CT molecular complexity index is 353. The fourth-order valence-corrected chi connectivity index (χ4v) is 2.13. The summed E-state index contributed by atoms with van der Waals surface area (Å²) in [6.07, 6.45) is 1.07. The molecule has 3 heteroatoms. The second-order valence-electron chi connectivity index (χ2n) is 3.77. The fourth-order valence-electron chi connectivity index (χ4n) is 1.64. The predicted molar refractivity (Wildman–Crippen MR) is 58.8 cm³/mol. The van der Waals surface area contributed by atoms with E-state index in [2.05, 4.69) is 22.9 Å². The number of hydrogen-bond acceptors (Lipinski definition) is 1. The average molecular weight is 261 g/mol. The number of nitrogens with two attached hydrogens (primary N) is 1. The fraction of sp³-hybridized carbons (Fsp3) is 0.400. The van der Waals surface area contributed by atoms with Crippen LogP contribution >= 0.6 is 27.5 Å². The highest BCUT2D eigenvalue weighted by molar-refractivity contribution is 9.10. The van der Waals surface area contributed by atoms with Gasteiger partial charge in [0.2, 0.25) is 0 Å². The highest BCUT2D eigenvalue weighted by atomic mass is 79.9. The minimum Gasteiger partial charge on any atom is -0.321 e. The van der Waals surface area contributed by atoms with Crippen LogP contribution in [-0.2, 0) is 5.54 Å². The first kappa shape index (κ1) is 9.50. The minimum absolute atomic E-state index is 0.104. The van der Waals surface area contributed by atoms with E-state index in [1.165, 1.54) is 5.56 Å². The number of benzene rings is 1. The van der Waals surface area contributed by atoms with Crippen molar-refractivity contribution < 1.29 is 0 Å². The Hall–Kier alpha value is -0.0500. The van der Waals surface area contributed by atoms with Gasteiger partial charge in [0, 0.05) is 10.0 Å². The molecule has 0 aliphatic heterocycles. The lowest BCUT2D eigenvalue weighted by Crippen LogP contribution is -2.21. The first-order chi connectivity index (χ1) is 6.04. The van der Waals surface area contributed by atoms with Crippen LogP contribution in [-0.4, -0.2) is 0 Å². The van der Waals surface area contributed by atoms with E-state index >= 15 is 0 Å². The molecule has 1 nitrogen and oxygen atoms in total. The SMILES string of the molecule is CC1CC1(N)c1ccc(Cl)c(Br)c1. The molecule has 0 saturated heterocycles. The van der Waals surface area contributed by atoms with Gasteiger partial charge in [-0.15, -0.1) is 0 Å². The average Bonchev–Trinajstić information content (AvgIpc) is 2.67. The largest absolute Gasteiger partial charge is 0.321 e. The number of rotatable bonds is 1. The van der Waals surface area contributed by atoms with Crippen LogP contribution in [0.25, 0.3) is 0 Å². The van der Waals surface area contributed by atoms with E-state index in [4.69, 9.17) is 17.3 Å².